The van der Waals surface area contributed by atoms with Crippen molar-refractivity contribution in [1.82, 2.24) is 4.98 Å². The largest absolute Gasteiger partial charge is 0.494 e. The second-order valence-electron chi connectivity index (χ2n) is 6.77. The number of carboxylic acids is 1. The molecule has 0 saturated heterocycles. The Kier molecular flexibility index (Phi) is 5.58. The maximum Gasteiger partial charge on any atom is 0.310 e. The molecule has 0 unspecified atom stereocenters. The highest BCUT2D eigenvalue weighted by atomic mass is 16.5. The molecule has 3 N–H and O–H groups in total. The van der Waals surface area contributed by atoms with Gasteiger partial charge in [0, 0.05) is 30.6 Å². The van der Waals surface area contributed by atoms with E-state index in [-0.39, 0.29) is 18.2 Å². The molecule has 1 aliphatic carbocycles. The lowest BCUT2D eigenvalue weighted by atomic mass is 9.66. The van der Waals surface area contributed by atoms with Gasteiger partial charge < -0.3 is 20.5 Å². The fraction of sp³-hybridized carbons (Fsp3) is 0.300. The summed E-state index contributed by atoms with van der Waals surface area (Å²) < 4.78 is 5.30. The van der Waals surface area contributed by atoms with E-state index in [0.717, 1.165) is 6.42 Å². The molecule has 1 aliphatic rings. The first-order valence-corrected chi connectivity index (χ1v) is 8.86. The van der Waals surface area contributed by atoms with E-state index >= 15 is 0 Å². The lowest BCUT2D eigenvalue weighted by Crippen LogP contribution is -2.41. The van der Waals surface area contributed by atoms with E-state index in [2.05, 4.69) is 15.6 Å². The van der Waals surface area contributed by atoms with E-state index in [1.165, 1.54) is 13.3 Å². The van der Waals surface area contributed by atoms with Gasteiger partial charge in [0.25, 0.3) is 5.91 Å². The van der Waals surface area contributed by atoms with Crippen molar-refractivity contribution < 1.29 is 24.2 Å². The number of nitrogens with zero attached hydrogens (tertiary/aromatic N) is 1. The van der Waals surface area contributed by atoms with Crippen molar-refractivity contribution in [3.05, 3.63) is 48.3 Å². The van der Waals surface area contributed by atoms with E-state index < -0.39 is 11.4 Å². The molecule has 8 nitrogen and oxygen atoms in total. The minimum atomic E-state index is -0.953. The summed E-state index contributed by atoms with van der Waals surface area (Å²) in [6.45, 7) is 0. The van der Waals surface area contributed by atoms with E-state index in [1.807, 2.05) is 0 Å². The molecule has 0 bridgehead atoms. The van der Waals surface area contributed by atoms with Gasteiger partial charge in [-0.3, -0.25) is 19.4 Å². The number of carbonyl (C=O) groups excluding carboxylic acids is 2. The molecule has 3 rings (SSSR count). The Bertz CT molecular complexity index is 894. The first kappa shape index (κ1) is 19.3. The van der Waals surface area contributed by atoms with Gasteiger partial charge in [-0.25, -0.2) is 0 Å². The number of carbonyl (C=O) groups is 3. The van der Waals surface area contributed by atoms with Crippen molar-refractivity contribution in [3.63, 3.8) is 0 Å². The third-order valence-corrected chi connectivity index (χ3v) is 4.92. The molecule has 2 amide bonds. The number of hydrogen-bond acceptors (Lipinski definition) is 5. The maximum absolute atomic E-state index is 12.3. The number of rotatable bonds is 7. The highest BCUT2D eigenvalue weighted by Crippen LogP contribution is 2.44. The van der Waals surface area contributed by atoms with Crippen LogP contribution in [0.2, 0.25) is 0 Å². The zero-order valence-electron chi connectivity index (χ0n) is 15.4. The van der Waals surface area contributed by atoms with Crippen molar-refractivity contribution in [2.75, 3.05) is 17.7 Å². The van der Waals surface area contributed by atoms with Crippen molar-refractivity contribution in [3.8, 4) is 5.75 Å². The van der Waals surface area contributed by atoms with Crippen LogP contribution in [0, 0.1) is 5.41 Å². The molecule has 146 valence electrons. The van der Waals surface area contributed by atoms with Crippen LogP contribution >= 0.6 is 0 Å². The molecule has 0 radical (unpaired) electrons. The summed E-state index contributed by atoms with van der Waals surface area (Å²) in [5, 5.41) is 14.8. The van der Waals surface area contributed by atoms with Crippen LogP contribution in [-0.2, 0) is 9.59 Å². The first-order valence-electron chi connectivity index (χ1n) is 8.86. The molecular weight excluding hydrogens is 362 g/mol. The molecule has 8 heteroatoms. The fourth-order valence-electron chi connectivity index (χ4n) is 3.15. The number of methoxy groups -OCH3 is 1. The van der Waals surface area contributed by atoms with Crippen molar-refractivity contribution in [2.24, 2.45) is 5.41 Å². The van der Waals surface area contributed by atoms with Crippen LogP contribution in [0.1, 0.15) is 36.0 Å². The summed E-state index contributed by atoms with van der Waals surface area (Å²) in [7, 11) is 1.45. The lowest BCUT2D eigenvalue weighted by molar-refractivity contribution is -0.157. The summed E-state index contributed by atoms with van der Waals surface area (Å²) in [6.07, 6.45) is 4.81. The van der Waals surface area contributed by atoms with Crippen LogP contribution in [0.25, 0.3) is 0 Å². The van der Waals surface area contributed by atoms with Crippen LogP contribution in [0.15, 0.2) is 42.7 Å². The lowest BCUT2D eigenvalue weighted by Gasteiger charge is -2.36. The van der Waals surface area contributed by atoms with E-state index in [9.17, 15) is 19.5 Å². The Morgan fingerprint density at radius 1 is 1.21 bits per heavy atom. The fourth-order valence-corrected chi connectivity index (χ4v) is 3.15. The van der Waals surface area contributed by atoms with E-state index in [4.69, 9.17) is 4.74 Å². The Labute approximate surface area is 161 Å². The topological polar surface area (TPSA) is 118 Å². The van der Waals surface area contributed by atoms with Crippen LogP contribution in [-0.4, -0.2) is 35.0 Å². The number of pyridine rings is 1. The third-order valence-electron chi connectivity index (χ3n) is 4.92. The van der Waals surface area contributed by atoms with Gasteiger partial charge in [0.1, 0.15) is 5.75 Å². The van der Waals surface area contributed by atoms with Crippen molar-refractivity contribution in [1.29, 1.82) is 0 Å². The minimum Gasteiger partial charge on any atom is -0.494 e. The highest BCUT2D eigenvalue weighted by molar-refractivity contribution is 6.05. The summed E-state index contributed by atoms with van der Waals surface area (Å²) in [5.74, 6) is -1.26. The number of amides is 2. The zero-order chi connectivity index (χ0) is 20.1. The molecule has 1 saturated carbocycles. The molecule has 2 aromatic rings. The Morgan fingerprint density at radius 3 is 2.57 bits per heavy atom. The second-order valence-corrected chi connectivity index (χ2v) is 6.77. The predicted molar refractivity (Wildman–Crippen MR) is 102 cm³/mol. The summed E-state index contributed by atoms with van der Waals surface area (Å²) in [6, 6.07) is 8.11. The van der Waals surface area contributed by atoms with E-state index in [0.29, 0.717) is 35.5 Å². The number of aliphatic carboxylic acids is 1. The molecule has 1 aromatic carbocycles. The van der Waals surface area contributed by atoms with Crippen LogP contribution in [0.5, 0.6) is 5.75 Å². The summed E-state index contributed by atoms with van der Waals surface area (Å²) in [5.41, 5.74) is 0.351. The maximum atomic E-state index is 12.3. The van der Waals surface area contributed by atoms with Gasteiger partial charge >= 0.3 is 5.97 Å². The quantitative estimate of drug-likeness (QED) is 0.677. The molecule has 0 atom stereocenters. The number of nitrogens with one attached hydrogen (secondary N) is 2. The molecule has 0 aliphatic heterocycles. The monoisotopic (exact) mass is 383 g/mol. The van der Waals surface area contributed by atoms with E-state index in [1.54, 1.807) is 36.5 Å². The molecule has 0 spiro atoms. The molecule has 1 heterocycles. The number of benzene rings is 1. The Balaban J connectivity index is 1.68. The second kappa shape index (κ2) is 8.08. The number of aromatic nitrogens is 1. The van der Waals surface area contributed by atoms with Crippen molar-refractivity contribution in [2.45, 2.75) is 25.7 Å². The van der Waals surface area contributed by atoms with Gasteiger partial charge in [0.15, 0.2) is 0 Å². The standard InChI is InChI=1S/C20H21N3O5/c1-28-16-10-14(22-17(24)11-20(19(26)27)7-3-8-20)5-6-15(16)23-18(25)13-4-2-9-21-12-13/h2,4-6,9-10,12H,3,7-8,11H2,1H3,(H,22,24)(H,23,25)(H,26,27). The van der Waals surface area contributed by atoms with Gasteiger partial charge in [0.05, 0.1) is 23.8 Å². The van der Waals surface area contributed by atoms with Crippen molar-refractivity contribution >= 4 is 29.2 Å². The average molecular weight is 383 g/mol. The third kappa shape index (κ3) is 4.11. The summed E-state index contributed by atoms with van der Waals surface area (Å²) >= 11 is 0. The SMILES string of the molecule is COc1cc(NC(=O)CC2(C(=O)O)CCC2)ccc1NC(=O)c1cccnc1. The smallest absolute Gasteiger partial charge is 0.310 e. The van der Waals surface area contributed by atoms with Crippen LogP contribution in [0.4, 0.5) is 11.4 Å². The van der Waals surface area contributed by atoms with Gasteiger partial charge in [0.2, 0.25) is 5.91 Å². The van der Waals surface area contributed by atoms with Gasteiger partial charge in [-0.1, -0.05) is 6.42 Å². The van der Waals surface area contributed by atoms with Gasteiger partial charge in [-0.2, -0.15) is 0 Å². The number of ether oxygens (including phenoxy) is 1. The Morgan fingerprint density at radius 2 is 2.00 bits per heavy atom. The van der Waals surface area contributed by atoms with Gasteiger partial charge in [-0.05, 0) is 37.1 Å². The van der Waals surface area contributed by atoms with Crippen LogP contribution in [0.3, 0.4) is 0 Å². The molecule has 1 fully saturated rings. The zero-order valence-corrected chi connectivity index (χ0v) is 15.4. The number of anilines is 2. The molecule has 1 aromatic heterocycles. The molecular formula is C20H21N3O5. The van der Waals surface area contributed by atoms with Crippen LogP contribution < -0.4 is 15.4 Å². The first-order chi connectivity index (χ1) is 13.4. The normalized spacial score (nSPS) is 14.5. The highest BCUT2D eigenvalue weighted by Gasteiger charge is 2.45. The Hall–Kier alpha value is -3.42. The number of carboxylic acid groups (broad SMARTS) is 1. The minimum absolute atomic E-state index is 0.0653. The molecule has 28 heavy (non-hydrogen) atoms. The predicted octanol–water partition coefficient (Wildman–Crippen LogP) is 2.93. The van der Waals surface area contributed by atoms with Gasteiger partial charge in [-0.15, -0.1) is 0 Å². The average Bonchev–Trinajstić information content (AvgIpc) is 2.66. The summed E-state index contributed by atoms with van der Waals surface area (Å²) in [4.78, 5) is 39.9. The number of hydrogen-bond donors (Lipinski definition) is 3.